The fourth-order valence-corrected chi connectivity index (χ4v) is 4.59. The van der Waals surface area contributed by atoms with Crippen molar-refractivity contribution < 1.29 is 17.9 Å². The first kappa shape index (κ1) is 21.3. The molecule has 1 heterocycles. The van der Waals surface area contributed by atoms with E-state index in [4.69, 9.17) is 9.47 Å². The zero-order valence-corrected chi connectivity index (χ0v) is 18.5. The molecule has 0 aliphatic rings. The lowest BCUT2D eigenvalue weighted by atomic mass is 10.2. The summed E-state index contributed by atoms with van der Waals surface area (Å²) in [6.07, 6.45) is 0. The number of halogens is 1. The van der Waals surface area contributed by atoms with Gasteiger partial charge in [-0.1, -0.05) is 30.3 Å². The number of methoxy groups -OCH3 is 2. The normalized spacial score (nSPS) is 11.4. The van der Waals surface area contributed by atoms with E-state index in [0.29, 0.717) is 16.1 Å². The van der Waals surface area contributed by atoms with Gasteiger partial charge in [0.1, 0.15) is 16.1 Å². The predicted octanol–water partition coefficient (Wildman–Crippen LogP) is 4.25. The highest BCUT2D eigenvalue weighted by Gasteiger charge is 2.26. The molecule has 2 aromatic carbocycles. The van der Waals surface area contributed by atoms with Gasteiger partial charge in [-0.2, -0.15) is 4.31 Å². The SMILES string of the molecule is COc1ccc(CN(Cc2ccc(OC)cc2)S(=O)(=O)c2cccc(Br)n2)cc1. The molecule has 3 aromatic rings. The molecule has 0 aliphatic carbocycles. The van der Waals surface area contributed by atoms with Crippen molar-refractivity contribution in [3.05, 3.63) is 82.5 Å². The zero-order chi connectivity index (χ0) is 20.9. The zero-order valence-electron chi connectivity index (χ0n) is 16.1. The fraction of sp³-hybridized carbons (Fsp3) is 0.190. The Morgan fingerprint density at radius 1 is 0.828 bits per heavy atom. The Labute approximate surface area is 179 Å². The van der Waals surface area contributed by atoms with Crippen LogP contribution in [-0.2, 0) is 23.1 Å². The van der Waals surface area contributed by atoms with E-state index < -0.39 is 10.0 Å². The van der Waals surface area contributed by atoms with Crippen molar-refractivity contribution in [3.8, 4) is 11.5 Å². The van der Waals surface area contributed by atoms with Crippen LogP contribution in [0.15, 0.2) is 76.4 Å². The number of aromatic nitrogens is 1. The molecule has 0 bridgehead atoms. The average Bonchev–Trinajstić information content (AvgIpc) is 2.74. The summed E-state index contributed by atoms with van der Waals surface area (Å²) in [5.41, 5.74) is 1.69. The Morgan fingerprint density at radius 2 is 1.31 bits per heavy atom. The first-order valence-corrected chi connectivity index (χ1v) is 11.0. The molecule has 1 aromatic heterocycles. The van der Waals surface area contributed by atoms with Gasteiger partial charge in [-0.3, -0.25) is 0 Å². The summed E-state index contributed by atoms with van der Waals surface area (Å²) in [5.74, 6) is 1.43. The van der Waals surface area contributed by atoms with E-state index in [-0.39, 0.29) is 18.1 Å². The molecule has 0 unspecified atom stereocenters. The van der Waals surface area contributed by atoms with Crippen molar-refractivity contribution in [1.82, 2.24) is 9.29 Å². The van der Waals surface area contributed by atoms with E-state index >= 15 is 0 Å². The van der Waals surface area contributed by atoms with Gasteiger partial charge in [0.15, 0.2) is 5.03 Å². The molecule has 152 valence electrons. The number of sulfonamides is 1. The molecule has 0 saturated heterocycles. The minimum absolute atomic E-state index is 0.00565. The summed E-state index contributed by atoms with van der Waals surface area (Å²) in [6, 6.07) is 19.5. The Morgan fingerprint density at radius 3 is 1.72 bits per heavy atom. The topological polar surface area (TPSA) is 68.7 Å². The summed E-state index contributed by atoms with van der Waals surface area (Å²) in [5, 5.41) is -0.00565. The lowest BCUT2D eigenvalue weighted by Crippen LogP contribution is -2.31. The number of benzene rings is 2. The number of pyridine rings is 1. The second kappa shape index (κ2) is 9.39. The van der Waals surface area contributed by atoms with E-state index in [2.05, 4.69) is 20.9 Å². The largest absolute Gasteiger partial charge is 0.497 e. The van der Waals surface area contributed by atoms with Gasteiger partial charge in [0.25, 0.3) is 10.0 Å². The van der Waals surface area contributed by atoms with Crippen molar-refractivity contribution in [1.29, 1.82) is 0 Å². The lowest BCUT2D eigenvalue weighted by molar-refractivity contribution is 0.396. The third-order valence-electron chi connectivity index (χ3n) is 4.33. The van der Waals surface area contributed by atoms with E-state index in [9.17, 15) is 8.42 Å². The molecular weight excluding hydrogens is 456 g/mol. The summed E-state index contributed by atoms with van der Waals surface area (Å²) in [6.45, 7) is 0.402. The van der Waals surface area contributed by atoms with E-state index in [1.165, 1.54) is 10.4 Å². The van der Waals surface area contributed by atoms with Gasteiger partial charge < -0.3 is 9.47 Å². The van der Waals surface area contributed by atoms with Gasteiger partial charge in [0.2, 0.25) is 0 Å². The Balaban J connectivity index is 1.94. The van der Waals surface area contributed by atoms with Gasteiger partial charge in [0, 0.05) is 13.1 Å². The minimum atomic E-state index is -3.82. The second-order valence-electron chi connectivity index (χ2n) is 6.27. The van der Waals surface area contributed by atoms with Crippen molar-refractivity contribution >= 4 is 26.0 Å². The number of hydrogen-bond donors (Lipinski definition) is 0. The molecule has 6 nitrogen and oxygen atoms in total. The summed E-state index contributed by atoms with van der Waals surface area (Å²) in [4.78, 5) is 4.15. The van der Waals surface area contributed by atoms with Gasteiger partial charge in [-0.25, -0.2) is 13.4 Å². The third-order valence-corrected chi connectivity index (χ3v) is 6.47. The van der Waals surface area contributed by atoms with Crippen LogP contribution in [0.5, 0.6) is 11.5 Å². The molecule has 0 atom stereocenters. The molecule has 0 N–H and O–H groups in total. The molecular formula is C21H21BrN2O4S. The van der Waals surface area contributed by atoms with E-state index in [1.807, 2.05) is 48.5 Å². The molecule has 0 amide bonds. The van der Waals surface area contributed by atoms with Crippen LogP contribution < -0.4 is 9.47 Å². The van der Waals surface area contributed by atoms with Crippen LogP contribution in [0.25, 0.3) is 0 Å². The molecule has 0 spiro atoms. The quantitative estimate of drug-likeness (QED) is 0.454. The van der Waals surface area contributed by atoms with E-state index in [0.717, 1.165) is 11.1 Å². The maximum atomic E-state index is 13.3. The number of nitrogens with zero attached hydrogens (tertiary/aromatic N) is 2. The first-order valence-electron chi connectivity index (χ1n) is 8.81. The fourth-order valence-electron chi connectivity index (χ4n) is 2.76. The van der Waals surface area contributed by atoms with E-state index in [1.54, 1.807) is 26.4 Å². The Kier molecular flexibility index (Phi) is 6.89. The van der Waals surface area contributed by atoms with Crippen molar-refractivity contribution in [3.63, 3.8) is 0 Å². The van der Waals surface area contributed by atoms with Crippen LogP contribution in [0, 0.1) is 0 Å². The number of rotatable bonds is 8. The molecule has 0 saturated carbocycles. The molecule has 8 heteroatoms. The lowest BCUT2D eigenvalue weighted by Gasteiger charge is -2.22. The smallest absolute Gasteiger partial charge is 0.261 e. The predicted molar refractivity (Wildman–Crippen MR) is 114 cm³/mol. The van der Waals surface area contributed by atoms with Crippen LogP contribution >= 0.6 is 15.9 Å². The van der Waals surface area contributed by atoms with Crippen molar-refractivity contribution in [2.75, 3.05) is 14.2 Å². The average molecular weight is 477 g/mol. The van der Waals surface area contributed by atoms with Gasteiger partial charge >= 0.3 is 0 Å². The molecule has 0 radical (unpaired) electrons. The number of hydrogen-bond acceptors (Lipinski definition) is 5. The highest BCUT2D eigenvalue weighted by Crippen LogP contribution is 2.23. The van der Waals surface area contributed by atoms with Crippen molar-refractivity contribution in [2.45, 2.75) is 18.1 Å². The van der Waals surface area contributed by atoms with Crippen LogP contribution in [0.4, 0.5) is 0 Å². The van der Waals surface area contributed by atoms with Gasteiger partial charge in [0.05, 0.1) is 14.2 Å². The minimum Gasteiger partial charge on any atom is -0.497 e. The highest BCUT2D eigenvalue weighted by molar-refractivity contribution is 9.10. The maximum absolute atomic E-state index is 13.3. The summed E-state index contributed by atoms with van der Waals surface area (Å²) < 4.78 is 38.9. The molecule has 0 aliphatic heterocycles. The Bertz CT molecular complexity index is 1010. The first-order chi connectivity index (χ1) is 13.9. The highest BCUT2D eigenvalue weighted by atomic mass is 79.9. The molecule has 29 heavy (non-hydrogen) atoms. The molecule has 0 fully saturated rings. The summed E-state index contributed by atoms with van der Waals surface area (Å²) >= 11 is 3.25. The van der Waals surface area contributed by atoms with Crippen LogP contribution in [0.2, 0.25) is 0 Å². The van der Waals surface area contributed by atoms with Crippen LogP contribution in [-0.4, -0.2) is 31.9 Å². The maximum Gasteiger partial charge on any atom is 0.261 e. The monoisotopic (exact) mass is 476 g/mol. The van der Waals surface area contributed by atoms with Crippen LogP contribution in [0.1, 0.15) is 11.1 Å². The molecule has 3 rings (SSSR count). The third kappa shape index (κ3) is 5.35. The van der Waals surface area contributed by atoms with Gasteiger partial charge in [-0.15, -0.1) is 0 Å². The van der Waals surface area contributed by atoms with Gasteiger partial charge in [-0.05, 0) is 63.5 Å². The van der Waals surface area contributed by atoms with Crippen LogP contribution in [0.3, 0.4) is 0 Å². The Hall–Kier alpha value is -2.42. The summed E-state index contributed by atoms with van der Waals surface area (Å²) in [7, 11) is -0.638. The second-order valence-corrected chi connectivity index (χ2v) is 8.97. The van der Waals surface area contributed by atoms with Crippen molar-refractivity contribution in [2.24, 2.45) is 0 Å². The number of ether oxygens (including phenoxy) is 2. The standard InChI is InChI=1S/C21H21BrN2O4S/c1-27-18-10-6-16(7-11-18)14-24(15-17-8-12-19(28-2)13-9-17)29(25,26)21-5-3-4-20(22)23-21/h3-13H,14-15H2,1-2H3.